The molecule has 7 heteroatoms. The molecule has 1 saturated heterocycles. The van der Waals surface area contributed by atoms with Gasteiger partial charge in [0.2, 0.25) is 5.91 Å². The van der Waals surface area contributed by atoms with Crippen LogP contribution in [0.3, 0.4) is 0 Å². The number of aromatic nitrogens is 2. The summed E-state index contributed by atoms with van der Waals surface area (Å²) >= 11 is 0. The molecule has 2 aliphatic rings. The molecule has 0 atom stereocenters. The highest BCUT2D eigenvalue weighted by atomic mass is 16.2. The van der Waals surface area contributed by atoms with Gasteiger partial charge < -0.3 is 4.90 Å². The molecule has 0 bridgehead atoms. The first-order valence-electron chi connectivity index (χ1n) is 7.15. The Morgan fingerprint density at radius 2 is 1.95 bits per heavy atom. The summed E-state index contributed by atoms with van der Waals surface area (Å²) in [7, 11) is 0. The molecule has 1 aromatic heterocycles. The molecule has 1 aliphatic carbocycles. The summed E-state index contributed by atoms with van der Waals surface area (Å²) in [4.78, 5) is 38.3. The van der Waals surface area contributed by atoms with Crippen molar-refractivity contribution in [3.8, 4) is 6.07 Å². The topological polar surface area (TPSA) is 88.1 Å². The van der Waals surface area contributed by atoms with Crippen LogP contribution in [0.25, 0.3) is 0 Å². The van der Waals surface area contributed by atoms with Crippen LogP contribution < -0.4 is 11.2 Å². The van der Waals surface area contributed by atoms with E-state index in [0.717, 1.165) is 30.3 Å². The van der Waals surface area contributed by atoms with Crippen molar-refractivity contribution < 1.29 is 4.79 Å². The molecule has 1 aromatic rings. The predicted molar refractivity (Wildman–Crippen MR) is 73.8 cm³/mol. The van der Waals surface area contributed by atoms with E-state index >= 15 is 0 Å². The van der Waals surface area contributed by atoms with Crippen molar-refractivity contribution in [2.45, 2.75) is 38.3 Å². The van der Waals surface area contributed by atoms with E-state index in [1.807, 2.05) is 6.07 Å². The molecular weight excluding hydrogens is 272 g/mol. The van der Waals surface area contributed by atoms with Crippen LogP contribution in [-0.4, -0.2) is 33.0 Å². The van der Waals surface area contributed by atoms with Crippen molar-refractivity contribution in [3.63, 3.8) is 0 Å². The van der Waals surface area contributed by atoms with E-state index in [4.69, 9.17) is 5.26 Å². The summed E-state index contributed by atoms with van der Waals surface area (Å²) in [5, 5.41) is 9.03. The second-order valence-electron chi connectivity index (χ2n) is 5.55. The maximum atomic E-state index is 12.3. The van der Waals surface area contributed by atoms with Gasteiger partial charge in [-0.25, -0.2) is 9.36 Å². The van der Waals surface area contributed by atoms with Crippen LogP contribution in [0.4, 0.5) is 0 Å². The third-order valence-electron chi connectivity index (χ3n) is 4.01. The van der Waals surface area contributed by atoms with Gasteiger partial charge >= 0.3 is 5.69 Å². The second kappa shape index (κ2) is 5.20. The Bertz CT molecular complexity index is 730. The van der Waals surface area contributed by atoms with Gasteiger partial charge in [-0.05, 0) is 25.7 Å². The Morgan fingerprint density at radius 1 is 1.29 bits per heavy atom. The van der Waals surface area contributed by atoms with E-state index in [1.165, 1.54) is 10.8 Å². The smallest absolute Gasteiger partial charge is 0.331 e. The zero-order valence-corrected chi connectivity index (χ0v) is 11.6. The van der Waals surface area contributed by atoms with Gasteiger partial charge in [-0.1, -0.05) is 0 Å². The first-order chi connectivity index (χ1) is 10.1. The van der Waals surface area contributed by atoms with E-state index in [1.54, 1.807) is 4.90 Å². The molecule has 2 fully saturated rings. The Labute approximate surface area is 121 Å². The van der Waals surface area contributed by atoms with Crippen LogP contribution in [-0.2, 0) is 11.3 Å². The molecule has 1 saturated carbocycles. The van der Waals surface area contributed by atoms with E-state index in [2.05, 4.69) is 0 Å². The molecule has 0 radical (unpaired) electrons. The normalized spacial score (nSPS) is 17.8. The lowest BCUT2D eigenvalue weighted by Gasteiger charge is -2.16. The number of rotatable bonds is 3. The van der Waals surface area contributed by atoms with Gasteiger partial charge in [0.15, 0.2) is 0 Å². The van der Waals surface area contributed by atoms with Crippen LogP contribution in [0.1, 0.15) is 37.3 Å². The van der Waals surface area contributed by atoms with E-state index in [0.29, 0.717) is 13.1 Å². The van der Waals surface area contributed by atoms with Crippen molar-refractivity contribution in [3.05, 3.63) is 32.6 Å². The molecule has 2 heterocycles. The highest BCUT2D eigenvalue weighted by molar-refractivity contribution is 5.76. The molecule has 1 aliphatic heterocycles. The fourth-order valence-electron chi connectivity index (χ4n) is 2.65. The molecule has 0 unspecified atom stereocenters. The summed E-state index contributed by atoms with van der Waals surface area (Å²) in [5.74, 6) is -0.232. The van der Waals surface area contributed by atoms with Gasteiger partial charge in [0.05, 0.1) is 0 Å². The minimum atomic E-state index is -0.674. The van der Waals surface area contributed by atoms with Crippen LogP contribution in [0.15, 0.2) is 15.8 Å². The fourth-order valence-corrected chi connectivity index (χ4v) is 2.65. The quantitative estimate of drug-likeness (QED) is 0.773. The highest BCUT2D eigenvalue weighted by Crippen LogP contribution is 2.33. The Morgan fingerprint density at radius 3 is 2.52 bits per heavy atom. The fraction of sp³-hybridized carbons (Fsp3) is 0.571. The van der Waals surface area contributed by atoms with Gasteiger partial charge in [-0.2, -0.15) is 5.26 Å². The van der Waals surface area contributed by atoms with Gasteiger partial charge in [0.1, 0.15) is 18.2 Å². The first-order valence-corrected chi connectivity index (χ1v) is 7.15. The number of nitriles is 1. The summed E-state index contributed by atoms with van der Waals surface area (Å²) in [5.41, 5.74) is -1.25. The number of carbonyl (C=O) groups excluding carboxylic acids is 1. The third kappa shape index (κ3) is 2.49. The monoisotopic (exact) mass is 288 g/mol. The summed E-state index contributed by atoms with van der Waals surface area (Å²) < 4.78 is 2.31. The van der Waals surface area contributed by atoms with Crippen LogP contribution in [0.5, 0.6) is 0 Å². The largest absolute Gasteiger partial charge is 0.341 e. The molecule has 1 amide bonds. The summed E-state index contributed by atoms with van der Waals surface area (Å²) in [6.07, 6.45) is 4.95. The molecule has 7 nitrogen and oxygen atoms in total. The van der Waals surface area contributed by atoms with Crippen LogP contribution in [0.2, 0.25) is 0 Å². The third-order valence-corrected chi connectivity index (χ3v) is 4.01. The number of amides is 1. The highest BCUT2D eigenvalue weighted by Gasteiger charge is 2.28. The molecule has 0 spiro atoms. The number of nitrogens with zero attached hydrogens (tertiary/aromatic N) is 4. The SMILES string of the molecule is N#Cc1cn(C2CC2)c(=O)n(CC(=O)N2CCCC2)c1=O. The van der Waals surface area contributed by atoms with E-state index < -0.39 is 11.2 Å². The lowest BCUT2D eigenvalue weighted by molar-refractivity contribution is -0.130. The molecule has 110 valence electrons. The minimum Gasteiger partial charge on any atom is -0.341 e. The van der Waals surface area contributed by atoms with Crippen molar-refractivity contribution >= 4 is 5.91 Å². The minimum absolute atomic E-state index is 0.0540. The number of hydrogen-bond donors (Lipinski definition) is 0. The number of hydrogen-bond acceptors (Lipinski definition) is 4. The van der Waals surface area contributed by atoms with Crippen molar-refractivity contribution in [1.29, 1.82) is 5.26 Å². The van der Waals surface area contributed by atoms with Crippen molar-refractivity contribution in [2.75, 3.05) is 13.1 Å². The average molecular weight is 288 g/mol. The second-order valence-corrected chi connectivity index (χ2v) is 5.55. The van der Waals surface area contributed by atoms with Gasteiger partial charge in [0, 0.05) is 25.3 Å². The Hall–Kier alpha value is -2.36. The number of carbonyl (C=O) groups is 1. The summed E-state index contributed by atoms with van der Waals surface area (Å²) in [6.45, 7) is 1.06. The van der Waals surface area contributed by atoms with Crippen molar-refractivity contribution in [2.24, 2.45) is 0 Å². The molecule has 0 aromatic carbocycles. The van der Waals surface area contributed by atoms with Gasteiger partial charge in [-0.3, -0.25) is 14.2 Å². The summed E-state index contributed by atoms with van der Waals surface area (Å²) in [6, 6.07) is 1.86. The van der Waals surface area contributed by atoms with Crippen molar-refractivity contribution in [1.82, 2.24) is 14.0 Å². The van der Waals surface area contributed by atoms with E-state index in [-0.39, 0.29) is 24.1 Å². The zero-order chi connectivity index (χ0) is 15.0. The zero-order valence-electron chi connectivity index (χ0n) is 11.6. The number of likely N-dealkylation sites (tertiary alicyclic amines) is 1. The van der Waals surface area contributed by atoms with Gasteiger partial charge in [0.25, 0.3) is 5.56 Å². The first kappa shape index (κ1) is 13.6. The molecular formula is C14H16N4O3. The van der Waals surface area contributed by atoms with Crippen LogP contribution >= 0.6 is 0 Å². The molecule has 0 N–H and O–H groups in total. The standard InChI is InChI=1S/C14H16N4O3/c15-7-10-8-17(11-3-4-11)14(21)18(13(10)20)9-12(19)16-5-1-2-6-16/h8,11H,1-6,9H2. The molecule has 21 heavy (non-hydrogen) atoms. The lowest BCUT2D eigenvalue weighted by atomic mass is 10.3. The predicted octanol–water partition coefficient (Wildman–Crippen LogP) is -0.161. The average Bonchev–Trinajstić information content (AvgIpc) is 3.16. The molecule has 3 rings (SSSR count). The van der Waals surface area contributed by atoms with Crippen LogP contribution in [0, 0.1) is 11.3 Å². The Kier molecular flexibility index (Phi) is 3.37. The Balaban J connectivity index is 1.98. The lowest BCUT2D eigenvalue weighted by Crippen LogP contribution is -2.44. The van der Waals surface area contributed by atoms with Gasteiger partial charge in [-0.15, -0.1) is 0 Å². The maximum Gasteiger partial charge on any atom is 0.331 e. The van der Waals surface area contributed by atoms with E-state index in [9.17, 15) is 14.4 Å². The maximum absolute atomic E-state index is 12.3.